The molecule has 0 radical (unpaired) electrons. The van der Waals surface area contributed by atoms with Crippen LogP contribution in [0.2, 0.25) is 0 Å². The first-order chi connectivity index (χ1) is 9.04. The molecule has 1 unspecified atom stereocenters. The number of aliphatic hydroxyl groups is 1. The summed E-state index contributed by atoms with van der Waals surface area (Å²) in [4.78, 5) is 24.9. The SMILES string of the molecule is CN(CCO)CC(CC(=O)O)C(=O)c1ccccc1. The van der Waals surface area contributed by atoms with E-state index >= 15 is 0 Å². The highest BCUT2D eigenvalue weighted by molar-refractivity contribution is 5.99. The number of nitrogens with zero attached hydrogens (tertiary/aromatic N) is 1. The van der Waals surface area contributed by atoms with Crippen LogP contribution >= 0.6 is 0 Å². The molecule has 1 atom stereocenters. The second-order valence-electron chi connectivity index (χ2n) is 4.51. The summed E-state index contributed by atoms with van der Waals surface area (Å²) in [6.45, 7) is 0.717. The molecule has 0 amide bonds. The normalized spacial score (nSPS) is 12.4. The van der Waals surface area contributed by atoms with Gasteiger partial charge in [-0.3, -0.25) is 9.59 Å². The Labute approximate surface area is 112 Å². The second-order valence-corrected chi connectivity index (χ2v) is 4.51. The fraction of sp³-hybridized carbons (Fsp3) is 0.429. The van der Waals surface area contributed by atoms with Crippen molar-refractivity contribution in [2.24, 2.45) is 5.92 Å². The topological polar surface area (TPSA) is 77.8 Å². The summed E-state index contributed by atoms with van der Waals surface area (Å²) in [5.41, 5.74) is 0.520. The summed E-state index contributed by atoms with van der Waals surface area (Å²) in [6.07, 6.45) is -0.205. The maximum Gasteiger partial charge on any atom is 0.304 e. The van der Waals surface area contributed by atoms with E-state index in [1.54, 1.807) is 42.3 Å². The smallest absolute Gasteiger partial charge is 0.304 e. The maximum absolute atomic E-state index is 12.3. The molecule has 104 valence electrons. The lowest BCUT2D eigenvalue weighted by molar-refractivity contribution is -0.137. The molecule has 0 saturated carbocycles. The first-order valence-corrected chi connectivity index (χ1v) is 6.15. The van der Waals surface area contributed by atoms with Crippen LogP contribution in [-0.4, -0.2) is 53.6 Å². The summed E-state index contributed by atoms with van der Waals surface area (Å²) in [5.74, 6) is -1.77. The minimum Gasteiger partial charge on any atom is -0.481 e. The summed E-state index contributed by atoms with van der Waals surface area (Å²) in [5, 5.41) is 17.7. The summed E-state index contributed by atoms with van der Waals surface area (Å²) in [6, 6.07) is 8.68. The van der Waals surface area contributed by atoms with E-state index < -0.39 is 11.9 Å². The molecule has 0 aliphatic rings. The number of hydrogen-bond donors (Lipinski definition) is 2. The predicted octanol–water partition coefficient (Wildman–Crippen LogP) is 0.884. The molecule has 0 saturated heterocycles. The molecule has 0 aliphatic heterocycles. The van der Waals surface area contributed by atoms with Gasteiger partial charge in [0, 0.05) is 24.6 Å². The Morgan fingerprint density at radius 3 is 2.42 bits per heavy atom. The van der Waals surface area contributed by atoms with Gasteiger partial charge in [0.15, 0.2) is 5.78 Å². The van der Waals surface area contributed by atoms with Crippen molar-refractivity contribution >= 4 is 11.8 Å². The molecule has 0 bridgehead atoms. The van der Waals surface area contributed by atoms with Crippen molar-refractivity contribution in [2.75, 3.05) is 26.7 Å². The Bertz CT molecular complexity index is 419. The lowest BCUT2D eigenvalue weighted by Crippen LogP contribution is -2.33. The first-order valence-electron chi connectivity index (χ1n) is 6.15. The van der Waals surface area contributed by atoms with Crippen LogP contribution in [0.5, 0.6) is 0 Å². The maximum atomic E-state index is 12.3. The number of carboxylic acids is 1. The van der Waals surface area contributed by atoms with E-state index in [0.717, 1.165) is 0 Å². The third kappa shape index (κ3) is 5.19. The van der Waals surface area contributed by atoms with E-state index in [1.165, 1.54) is 0 Å². The van der Waals surface area contributed by atoms with E-state index in [9.17, 15) is 9.59 Å². The van der Waals surface area contributed by atoms with Crippen LogP contribution in [0.4, 0.5) is 0 Å². The fourth-order valence-corrected chi connectivity index (χ4v) is 1.93. The van der Waals surface area contributed by atoms with Crippen molar-refractivity contribution in [3.8, 4) is 0 Å². The largest absolute Gasteiger partial charge is 0.481 e. The van der Waals surface area contributed by atoms with Crippen LogP contribution in [0.15, 0.2) is 30.3 Å². The Kier molecular flexibility index (Phi) is 6.18. The molecule has 2 N–H and O–H groups in total. The number of aliphatic hydroxyl groups excluding tert-OH is 1. The van der Waals surface area contributed by atoms with Crippen molar-refractivity contribution in [1.29, 1.82) is 0 Å². The molecule has 19 heavy (non-hydrogen) atoms. The molecular formula is C14H19NO4. The molecule has 0 spiro atoms. The number of ketones is 1. The highest BCUT2D eigenvalue weighted by Gasteiger charge is 2.24. The average molecular weight is 265 g/mol. The number of carbonyl (C=O) groups is 2. The number of carboxylic acid groups (broad SMARTS) is 1. The van der Waals surface area contributed by atoms with Gasteiger partial charge in [-0.1, -0.05) is 30.3 Å². The lowest BCUT2D eigenvalue weighted by Gasteiger charge is -2.21. The van der Waals surface area contributed by atoms with Gasteiger partial charge in [-0.2, -0.15) is 0 Å². The average Bonchev–Trinajstić information content (AvgIpc) is 2.38. The molecule has 1 aromatic rings. The third-order valence-electron chi connectivity index (χ3n) is 2.86. The second kappa shape index (κ2) is 7.66. The molecule has 0 aliphatic carbocycles. The fourth-order valence-electron chi connectivity index (χ4n) is 1.93. The number of likely N-dealkylation sites (N-methyl/N-ethyl adjacent to an activating group) is 1. The van der Waals surface area contributed by atoms with Crippen LogP contribution in [0.25, 0.3) is 0 Å². The Balaban J connectivity index is 2.78. The van der Waals surface area contributed by atoms with Crippen molar-refractivity contribution in [2.45, 2.75) is 6.42 Å². The van der Waals surface area contributed by atoms with Crippen molar-refractivity contribution in [3.63, 3.8) is 0 Å². The summed E-state index contributed by atoms with van der Waals surface area (Å²) >= 11 is 0. The van der Waals surface area contributed by atoms with E-state index in [2.05, 4.69) is 0 Å². The molecule has 1 rings (SSSR count). The van der Waals surface area contributed by atoms with Crippen molar-refractivity contribution < 1.29 is 19.8 Å². The Morgan fingerprint density at radius 2 is 1.89 bits per heavy atom. The molecule has 1 aromatic carbocycles. The monoisotopic (exact) mass is 265 g/mol. The van der Waals surface area contributed by atoms with E-state index in [0.29, 0.717) is 18.7 Å². The molecule has 0 heterocycles. The zero-order valence-electron chi connectivity index (χ0n) is 11.0. The van der Waals surface area contributed by atoms with Crippen LogP contribution in [0.1, 0.15) is 16.8 Å². The van der Waals surface area contributed by atoms with Gasteiger partial charge in [-0.15, -0.1) is 0 Å². The number of Topliss-reactive ketones (excluding diaryl/α,β-unsaturated/α-hetero) is 1. The first kappa shape index (κ1) is 15.3. The number of aliphatic carboxylic acids is 1. The molecule has 5 nitrogen and oxygen atoms in total. The molecule has 0 fully saturated rings. The highest BCUT2D eigenvalue weighted by atomic mass is 16.4. The van der Waals surface area contributed by atoms with Gasteiger partial charge < -0.3 is 15.1 Å². The minimum atomic E-state index is -0.994. The van der Waals surface area contributed by atoms with Gasteiger partial charge in [0.2, 0.25) is 0 Å². The molecule has 0 aromatic heterocycles. The zero-order valence-corrected chi connectivity index (χ0v) is 11.0. The van der Waals surface area contributed by atoms with Gasteiger partial charge in [-0.25, -0.2) is 0 Å². The van der Waals surface area contributed by atoms with Crippen LogP contribution in [0, 0.1) is 5.92 Å². The number of carbonyl (C=O) groups excluding carboxylic acids is 1. The predicted molar refractivity (Wildman–Crippen MR) is 71.1 cm³/mol. The number of rotatable bonds is 8. The zero-order chi connectivity index (χ0) is 14.3. The third-order valence-corrected chi connectivity index (χ3v) is 2.86. The Hall–Kier alpha value is -1.72. The van der Waals surface area contributed by atoms with Crippen molar-refractivity contribution in [1.82, 2.24) is 4.90 Å². The summed E-state index contributed by atoms with van der Waals surface area (Å²) in [7, 11) is 1.75. The number of benzene rings is 1. The van der Waals surface area contributed by atoms with E-state index in [4.69, 9.17) is 10.2 Å². The molecular weight excluding hydrogens is 246 g/mol. The van der Waals surface area contributed by atoms with Gasteiger partial charge in [0.05, 0.1) is 13.0 Å². The lowest BCUT2D eigenvalue weighted by atomic mass is 9.94. The minimum absolute atomic E-state index is 0.0180. The van der Waals surface area contributed by atoms with Crippen LogP contribution in [-0.2, 0) is 4.79 Å². The van der Waals surface area contributed by atoms with E-state index in [-0.39, 0.29) is 18.8 Å². The number of hydrogen-bond acceptors (Lipinski definition) is 4. The quantitative estimate of drug-likeness (QED) is 0.682. The standard InChI is InChI=1S/C14H19NO4/c1-15(7-8-16)10-12(9-13(17)18)14(19)11-5-3-2-4-6-11/h2-6,12,16H,7-10H2,1H3,(H,17,18). The molecule has 5 heteroatoms. The summed E-state index contributed by atoms with van der Waals surface area (Å²) < 4.78 is 0. The van der Waals surface area contributed by atoms with Crippen molar-refractivity contribution in [3.05, 3.63) is 35.9 Å². The van der Waals surface area contributed by atoms with Gasteiger partial charge in [0.1, 0.15) is 0 Å². The van der Waals surface area contributed by atoms with Crippen LogP contribution in [0.3, 0.4) is 0 Å². The van der Waals surface area contributed by atoms with Gasteiger partial charge in [-0.05, 0) is 7.05 Å². The Morgan fingerprint density at radius 1 is 1.26 bits per heavy atom. The van der Waals surface area contributed by atoms with Gasteiger partial charge in [0.25, 0.3) is 0 Å². The highest BCUT2D eigenvalue weighted by Crippen LogP contribution is 2.14. The van der Waals surface area contributed by atoms with Crippen LogP contribution < -0.4 is 0 Å². The van der Waals surface area contributed by atoms with E-state index in [1.807, 2.05) is 0 Å². The van der Waals surface area contributed by atoms with Gasteiger partial charge >= 0.3 is 5.97 Å².